The lowest BCUT2D eigenvalue weighted by molar-refractivity contribution is 0.128. The van der Waals surface area contributed by atoms with E-state index >= 15 is 0 Å². The van der Waals surface area contributed by atoms with Crippen molar-refractivity contribution in [2.75, 3.05) is 13.1 Å². The van der Waals surface area contributed by atoms with Crippen LogP contribution in [0.5, 0.6) is 0 Å². The van der Waals surface area contributed by atoms with E-state index in [0.717, 1.165) is 18.2 Å². The van der Waals surface area contributed by atoms with Gasteiger partial charge in [0, 0.05) is 42.5 Å². The molecule has 1 N–H and O–H groups in total. The Morgan fingerprint density at radius 3 is 3.05 bits per heavy atom. The first-order valence-electron chi connectivity index (χ1n) is 7.68. The molecule has 0 unspecified atom stereocenters. The Kier molecular flexibility index (Phi) is 2.88. The number of aromatic nitrogens is 2. The van der Waals surface area contributed by atoms with Gasteiger partial charge >= 0.3 is 0 Å². The minimum absolute atomic E-state index is 0.640. The maximum Gasteiger partial charge on any atom is 0.137 e. The fourth-order valence-corrected chi connectivity index (χ4v) is 3.53. The summed E-state index contributed by atoms with van der Waals surface area (Å²) in [5.41, 5.74) is 3.80. The Morgan fingerprint density at radius 2 is 2.25 bits per heavy atom. The van der Waals surface area contributed by atoms with E-state index in [2.05, 4.69) is 40.1 Å². The zero-order valence-electron chi connectivity index (χ0n) is 12.0. The van der Waals surface area contributed by atoms with Crippen LogP contribution in [0.1, 0.15) is 31.7 Å². The summed E-state index contributed by atoms with van der Waals surface area (Å²) >= 11 is 0. The summed E-state index contributed by atoms with van der Waals surface area (Å²) in [5, 5.41) is 1.25. The van der Waals surface area contributed by atoms with E-state index in [4.69, 9.17) is 0 Å². The molecule has 1 saturated carbocycles. The standard InChI is InChI=1S/C17H21N3/c1-12-8-13(11-20(10-12)14-4-2-5-14)16-9-19-17-15(16)6-3-7-18-17/h3,6-9,12,14H,2,4-5,10-11H2,1H3,(H,18,19)/t12-/m0/s1. The van der Waals surface area contributed by atoms with Crippen molar-refractivity contribution in [1.82, 2.24) is 14.9 Å². The second kappa shape index (κ2) is 4.74. The summed E-state index contributed by atoms with van der Waals surface area (Å²) in [6.45, 7) is 4.64. The van der Waals surface area contributed by atoms with Gasteiger partial charge in [0.2, 0.25) is 0 Å². The number of hydrogen-bond acceptors (Lipinski definition) is 2. The molecule has 104 valence electrons. The number of aromatic amines is 1. The SMILES string of the molecule is C[C@H]1C=C(c2c[nH]c3ncccc23)CN(C2CCC2)C1. The van der Waals surface area contributed by atoms with Crippen LogP contribution in [0, 0.1) is 5.92 Å². The van der Waals surface area contributed by atoms with Crippen LogP contribution in [0.15, 0.2) is 30.6 Å². The molecule has 2 aromatic heterocycles. The molecule has 3 heteroatoms. The highest BCUT2D eigenvalue weighted by atomic mass is 15.2. The molecule has 2 aliphatic rings. The second-order valence-corrected chi connectivity index (χ2v) is 6.29. The lowest BCUT2D eigenvalue weighted by Gasteiger charge is -2.41. The summed E-state index contributed by atoms with van der Waals surface area (Å²) in [6.07, 6.45) is 10.6. The third kappa shape index (κ3) is 1.97. The van der Waals surface area contributed by atoms with E-state index < -0.39 is 0 Å². The van der Waals surface area contributed by atoms with E-state index in [0.29, 0.717) is 5.92 Å². The molecule has 1 atom stereocenters. The fraction of sp³-hybridized carbons (Fsp3) is 0.471. The lowest BCUT2D eigenvalue weighted by Crippen LogP contribution is -2.44. The molecule has 0 spiro atoms. The highest BCUT2D eigenvalue weighted by molar-refractivity contribution is 5.91. The maximum absolute atomic E-state index is 4.40. The third-order valence-corrected chi connectivity index (χ3v) is 4.77. The molecule has 20 heavy (non-hydrogen) atoms. The normalized spacial score (nSPS) is 24.6. The molecule has 1 fully saturated rings. The van der Waals surface area contributed by atoms with Crippen LogP contribution in [-0.2, 0) is 0 Å². The van der Waals surface area contributed by atoms with Crippen LogP contribution in [0.25, 0.3) is 16.6 Å². The van der Waals surface area contributed by atoms with Crippen LogP contribution < -0.4 is 0 Å². The van der Waals surface area contributed by atoms with E-state index in [1.54, 1.807) is 0 Å². The Labute approximate surface area is 119 Å². The van der Waals surface area contributed by atoms with Crippen LogP contribution in [-0.4, -0.2) is 34.0 Å². The molecule has 2 aromatic rings. The van der Waals surface area contributed by atoms with E-state index in [1.165, 1.54) is 42.3 Å². The van der Waals surface area contributed by atoms with Crippen molar-refractivity contribution in [2.45, 2.75) is 32.2 Å². The molecule has 4 rings (SSSR count). The molecular formula is C17H21N3. The number of fused-ring (bicyclic) bond motifs is 1. The Hall–Kier alpha value is -1.61. The summed E-state index contributed by atoms with van der Waals surface area (Å²) in [6, 6.07) is 5.02. The third-order valence-electron chi connectivity index (χ3n) is 4.77. The van der Waals surface area contributed by atoms with Crippen molar-refractivity contribution in [1.29, 1.82) is 0 Å². The molecular weight excluding hydrogens is 246 g/mol. The molecule has 0 bridgehead atoms. The minimum atomic E-state index is 0.640. The number of nitrogens with zero attached hydrogens (tertiary/aromatic N) is 2. The van der Waals surface area contributed by atoms with Crippen molar-refractivity contribution in [3.8, 4) is 0 Å². The monoisotopic (exact) mass is 267 g/mol. The van der Waals surface area contributed by atoms with Crippen LogP contribution >= 0.6 is 0 Å². The second-order valence-electron chi connectivity index (χ2n) is 6.29. The zero-order chi connectivity index (χ0) is 13.5. The predicted octanol–water partition coefficient (Wildman–Crippen LogP) is 3.45. The number of hydrogen-bond donors (Lipinski definition) is 1. The van der Waals surface area contributed by atoms with E-state index in [9.17, 15) is 0 Å². The van der Waals surface area contributed by atoms with Crippen molar-refractivity contribution >= 4 is 16.6 Å². The van der Waals surface area contributed by atoms with Crippen LogP contribution in [0.4, 0.5) is 0 Å². The Bertz CT molecular complexity index is 651. The van der Waals surface area contributed by atoms with Crippen LogP contribution in [0.3, 0.4) is 0 Å². The lowest BCUT2D eigenvalue weighted by atomic mass is 9.87. The van der Waals surface area contributed by atoms with Gasteiger partial charge in [-0.25, -0.2) is 4.98 Å². The van der Waals surface area contributed by atoms with Crippen LogP contribution in [0.2, 0.25) is 0 Å². The number of nitrogens with one attached hydrogen (secondary N) is 1. The maximum atomic E-state index is 4.40. The quantitative estimate of drug-likeness (QED) is 0.903. The smallest absolute Gasteiger partial charge is 0.137 e. The topological polar surface area (TPSA) is 31.9 Å². The predicted molar refractivity (Wildman–Crippen MR) is 82.4 cm³/mol. The summed E-state index contributed by atoms with van der Waals surface area (Å²) < 4.78 is 0. The highest BCUT2D eigenvalue weighted by Gasteiger charge is 2.29. The average Bonchev–Trinajstić information content (AvgIpc) is 2.79. The van der Waals surface area contributed by atoms with Gasteiger partial charge in [-0.05, 0) is 36.5 Å². The first-order valence-corrected chi connectivity index (χ1v) is 7.68. The van der Waals surface area contributed by atoms with Gasteiger partial charge in [-0.3, -0.25) is 4.90 Å². The molecule has 3 heterocycles. The number of pyridine rings is 1. The average molecular weight is 267 g/mol. The summed E-state index contributed by atoms with van der Waals surface area (Å²) in [4.78, 5) is 10.4. The van der Waals surface area contributed by atoms with Gasteiger partial charge < -0.3 is 4.98 Å². The molecule has 0 saturated heterocycles. The molecule has 0 aromatic carbocycles. The van der Waals surface area contributed by atoms with Gasteiger partial charge in [0.15, 0.2) is 0 Å². The van der Waals surface area contributed by atoms with Gasteiger partial charge in [-0.1, -0.05) is 19.4 Å². The molecule has 3 nitrogen and oxygen atoms in total. The summed E-state index contributed by atoms with van der Waals surface area (Å²) in [5.74, 6) is 0.640. The molecule has 0 amide bonds. The minimum Gasteiger partial charge on any atom is -0.346 e. The van der Waals surface area contributed by atoms with Crippen molar-refractivity contribution in [2.24, 2.45) is 5.92 Å². The van der Waals surface area contributed by atoms with Gasteiger partial charge in [0.1, 0.15) is 5.65 Å². The molecule has 1 aliphatic carbocycles. The first-order chi connectivity index (χ1) is 9.81. The van der Waals surface area contributed by atoms with Gasteiger partial charge in [0.25, 0.3) is 0 Å². The first kappa shape index (κ1) is 12.2. The Balaban J connectivity index is 1.69. The largest absolute Gasteiger partial charge is 0.346 e. The molecule has 1 aliphatic heterocycles. The van der Waals surface area contributed by atoms with Crippen molar-refractivity contribution in [3.05, 3.63) is 36.2 Å². The number of H-pyrrole nitrogens is 1. The van der Waals surface area contributed by atoms with Crippen molar-refractivity contribution in [3.63, 3.8) is 0 Å². The van der Waals surface area contributed by atoms with Gasteiger partial charge in [0.05, 0.1) is 0 Å². The molecule has 0 radical (unpaired) electrons. The van der Waals surface area contributed by atoms with Gasteiger partial charge in [-0.15, -0.1) is 0 Å². The highest BCUT2D eigenvalue weighted by Crippen LogP contribution is 2.33. The summed E-state index contributed by atoms with van der Waals surface area (Å²) in [7, 11) is 0. The van der Waals surface area contributed by atoms with Gasteiger partial charge in [-0.2, -0.15) is 0 Å². The fourth-order valence-electron chi connectivity index (χ4n) is 3.53. The van der Waals surface area contributed by atoms with E-state index in [1.807, 2.05) is 12.3 Å². The van der Waals surface area contributed by atoms with E-state index in [-0.39, 0.29) is 0 Å². The Morgan fingerprint density at radius 1 is 1.35 bits per heavy atom. The number of rotatable bonds is 2. The zero-order valence-corrected chi connectivity index (χ0v) is 12.0. The van der Waals surface area contributed by atoms with Crippen molar-refractivity contribution < 1.29 is 0 Å².